The second-order valence-corrected chi connectivity index (χ2v) is 4.43. The van der Waals surface area contributed by atoms with Gasteiger partial charge in [0.1, 0.15) is 0 Å². The second-order valence-electron chi connectivity index (χ2n) is 4.43. The molecule has 2 heterocycles. The normalized spacial score (nSPS) is 23.3. The van der Waals surface area contributed by atoms with Crippen molar-refractivity contribution in [2.75, 3.05) is 18.0 Å². The smallest absolute Gasteiger partial charge is 0.323 e. The number of nitrogens with one attached hydrogen (secondary N) is 1. The lowest BCUT2D eigenvalue weighted by Crippen LogP contribution is -2.43. The summed E-state index contributed by atoms with van der Waals surface area (Å²) in [6, 6.07) is 2.17. The summed E-state index contributed by atoms with van der Waals surface area (Å²) in [5.41, 5.74) is 0. The Morgan fingerprint density at radius 3 is 2.53 bits per heavy atom. The number of nitrogens with zero attached hydrogens (tertiary/aromatic N) is 3. The Bertz CT molecular complexity index is 301. The molecule has 0 spiro atoms. The third kappa shape index (κ3) is 2.12. The van der Waals surface area contributed by atoms with Crippen LogP contribution in [0.4, 0.5) is 6.01 Å². The lowest BCUT2D eigenvalue weighted by molar-refractivity contribution is 0.370. The minimum atomic E-state index is 0.667. The van der Waals surface area contributed by atoms with Gasteiger partial charge in [0.15, 0.2) is 6.33 Å². The molecule has 0 bridgehead atoms. The highest BCUT2D eigenvalue weighted by atomic mass is 16.5. The van der Waals surface area contributed by atoms with E-state index in [2.05, 4.69) is 20.4 Å². The van der Waals surface area contributed by atoms with Crippen LogP contribution >= 0.6 is 0 Å². The molecule has 2 fully saturated rings. The van der Waals surface area contributed by atoms with Gasteiger partial charge in [-0.25, -0.2) is 0 Å². The van der Waals surface area contributed by atoms with Gasteiger partial charge >= 0.3 is 6.01 Å². The van der Waals surface area contributed by atoms with Gasteiger partial charge < -0.3 is 14.7 Å². The van der Waals surface area contributed by atoms with Crippen molar-refractivity contribution in [3.63, 3.8) is 0 Å². The van der Waals surface area contributed by atoms with E-state index in [1.165, 1.54) is 32.0 Å². The van der Waals surface area contributed by atoms with E-state index in [1.54, 1.807) is 0 Å². The van der Waals surface area contributed by atoms with Crippen LogP contribution in [0.2, 0.25) is 0 Å². The van der Waals surface area contributed by atoms with Crippen LogP contribution < -0.4 is 10.2 Å². The van der Waals surface area contributed by atoms with Gasteiger partial charge in [-0.05, 0) is 25.7 Å². The molecule has 0 atom stereocenters. The van der Waals surface area contributed by atoms with E-state index in [0.29, 0.717) is 12.1 Å². The van der Waals surface area contributed by atoms with Crippen LogP contribution in [0.3, 0.4) is 0 Å². The van der Waals surface area contributed by atoms with Crippen LogP contribution in [0.15, 0.2) is 10.9 Å². The Hall–Kier alpha value is -1.10. The van der Waals surface area contributed by atoms with E-state index in [0.717, 1.165) is 19.1 Å². The van der Waals surface area contributed by atoms with Crippen molar-refractivity contribution >= 4 is 6.01 Å². The molecular weight excluding hydrogens is 192 g/mol. The van der Waals surface area contributed by atoms with Crippen molar-refractivity contribution in [1.29, 1.82) is 0 Å². The zero-order chi connectivity index (χ0) is 10.1. The number of piperidine rings is 1. The fourth-order valence-electron chi connectivity index (χ4n) is 2.13. The quantitative estimate of drug-likeness (QED) is 0.796. The van der Waals surface area contributed by atoms with E-state index < -0.39 is 0 Å². The monoisotopic (exact) mass is 208 g/mol. The summed E-state index contributed by atoms with van der Waals surface area (Å²) in [4.78, 5) is 6.23. The van der Waals surface area contributed by atoms with Crippen molar-refractivity contribution < 1.29 is 4.52 Å². The van der Waals surface area contributed by atoms with Crippen molar-refractivity contribution in [3.8, 4) is 0 Å². The molecule has 2 aliphatic rings. The van der Waals surface area contributed by atoms with Gasteiger partial charge in [0.2, 0.25) is 0 Å². The average Bonchev–Trinajstić information content (AvgIpc) is 2.92. The zero-order valence-electron chi connectivity index (χ0n) is 8.72. The number of hydrogen-bond donors (Lipinski definition) is 1. The summed E-state index contributed by atoms with van der Waals surface area (Å²) in [5, 5.41) is 7.30. The molecule has 15 heavy (non-hydrogen) atoms. The maximum Gasteiger partial charge on any atom is 0.323 e. The maximum atomic E-state index is 5.05. The Morgan fingerprint density at radius 1 is 1.20 bits per heavy atom. The molecular formula is C10H16N4O. The molecule has 0 radical (unpaired) electrons. The minimum Gasteiger partial charge on any atom is -0.324 e. The van der Waals surface area contributed by atoms with E-state index in [9.17, 15) is 0 Å². The Kier molecular flexibility index (Phi) is 2.32. The molecule has 1 saturated heterocycles. The number of hydrogen-bond acceptors (Lipinski definition) is 5. The largest absolute Gasteiger partial charge is 0.324 e. The van der Waals surface area contributed by atoms with Gasteiger partial charge in [0.25, 0.3) is 0 Å². The molecule has 5 heteroatoms. The van der Waals surface area contributed by atoms with Crippen molar-refractivity contribution in [2.24, 2.45) is 0 Å². The van der Waals surface area contributed by atoms with Crippen molar-refractivity contribution in [3.05, 3.63) is 6.33 Å². The molecule has 0 unspecified atom stereocenters. The van der Waals surface area contributed by atoms with Gasteiger partial charge in [0.05, 0.1) is 0 Å². The fraction of sp³-hybridized carbons (Fsp3) is 0.800. The van der Waals surface area contributed by atoms with Crippen LogP contribution in [0, 0.1) is 0 Å². The van der Waals surface area contributed by atoms with Crippen molar-refractivity contribution in [1.82, 2.24) is 15.5 Å². The molecule has 82 valence electrons. The number of aromatic nitrogens is 2. The van der Waals surface area contributed by atoms with Gasteiger partial charge in [0, 0.05) is 25.2 Å². The molecule has 3 rings (SSSR count). The van der Waals surface area contributed by atoms with E-state index in [4.69, 9.17) is 4.52 Å². The average molecular weight is 208 g/mol. The third-order valence-corrected chi connectivity index (χ3v) is 3.16. The maximum absolute atomic E-state index is 5.05. The lowest BCUT2D eigenvalue weighted by atomic mass is 10.1. The summed E-state index contributed by atoms with van der Waals surface area (Å²) in [6.07, 6.45) is 6.55. The zero-order valence-corrected chi connectivity index (χ0v) is 8.72. The summed E-state index contributed by atoms with van der Waals surface area (Å²) in [7, 11) is 0. The molecule has 5 nitrogen and oxygen atoms in total. The highest BCUT2D eigenvalue weighted by molar-refractivity contribution is 5.24. The lowest BCUT2D eigenvalue weighted by Gasteiger charge is -2.31. The summed E-state index contributed by atoms with van der Waals surface area (Å²) in [5.74, 6) is 0. The topological polar surface area (TPSA) is 54.2 Å². The molecule has 1 aliphatic carbocycles. The second kappa shape index (κ2) is 3.81. The SMILES string of the molecule is c1noc(N2CCC(NC3CC3)CC2)n1. The van der Waals surface area contributed by atoms with Crippen LogP contribution in [-0.4, -0.2) is 35.3 Å². The Morgan fingerprint density at radius 2 is 1.93 bits per heavy atom. The van der Waals surface area contributed by atoms with Gasteiger partial charge in [-0.3, -0.25) is 0 Å². The standard InChI is InChI=1S/C10H16N4O/c1-2-8(1)13-9-3-5-14(6-4-9)10-11-7-12-15-10/h7-9,13H,1-6H2. The van der Waals surface area contributed by atoms with Crippen LogP contribution in [0.5, 0.6) is 0 Å². The first kappa shape index (κ1) is 9.15. The summed E-state index contributed by atoms with van der Waals surface area (Å²) >= 11 is 0. The first-order valence-corrected chi connectivity index (χ1v) is 5.69. The summed E-state index contributed by atoms with van der Waals surface area (Å²) in [6.45, 7) is 2.04. The van der Waals surface area contributed by atoms with Crippen LogP contribution in [0.1, 0.15) is 25.7 Å². The molecule has 0 aromatic carbocycles. The predicted molar refractivity (Wildman–Crippen MR) is 55.7 cm³/mol. The van der Waals surface area contributed by atoms with Crippen molar-refractivity contribution in [2.45, 2.75) is 37.8 Å². The highest BCUT2D eigenvalue weighted by Gasteiger charge is 2.28. The van der Waals surface area contributed by atoms with Gasteiger partial charge in [-0.1, -0.05) is 5.16 Å². The molecule has 0 amide bonds. The predicted octanol–water partition coefficient (Wildman–Crippen LogP) is 0.790. The molecule has 1 N–H and O–H groups in total. The molecule has 1 aromatic heterocycles. The van der Waals surface area contributed by atoms with Gasteiger partial charge in [-0.15, -0.1) is 0 Å². The third-order valence-electron chi connectivity index (χ3n) is 3.16. The molecule has 1 saturated carbocycles. The highest BCUT2D eigenvalue weighted by Crippen LogP contribution is 2.23. The van der Waals surface area contributed by atoms with E-state index >= 15 is 0 Å². The molecule has 1 aromatic rings. The number of rotatable bonds is 3. The minimum absolute atomic E-state index is 0.667. The first-order valence-electron chi connectivity index (χ1n) is 5.69. The van der Waals surface area contributed by atoms with E-state index in [-0.39, 0.29) is 0 Å². The number of anilines is 1. The first-order chi connectivity index (χ1) is 7.42. The van der Waals surface area contributed by atoms with Crippen LogP contribution in [0.25, 0.3) is 0 Å². The van der Waals surface area contributed by atoms with E-state index in [1.807, 2.05) is 0 Å². The van der Waals surface area contributed by atoms with Gasteiger partial charge in [-0.2, -0.15) is 4.98 Å². The Labute approximate surface area is 88.8 Å². The molecule has 1 aliphatic heterocycles. The fourth-order valence-corrected chi connectivity index (χ4v) is 2.13. The summed E-state index contributed by atoms with van der Waals surface area (Å²) < 4.78 is 5.05. The van der Waals surface area contributed by atoms with Crippen LogP contribution in [-0.2, 0) is 0 Å². The Balaban J connectivity index is 1.51.